The highest BCUT2D eigenvalue weighted by Gasteiger charge is 2.19. The van der Waals surface area contributed by atoms with Crippen molar-refractivity contribution in [3.63, 3.8) is 0 Å². The van der Waals surface area contributed by atoms with Gasteiger partial charge in [-0.3, -0.25) is 9.48 Å². The van der Waals surface area contributed by atoms with Crippen LogP contribution in [0.15, 0.2) is 0 Å². The fourth-order valence-corrected chi connectivity index (χ4v) is 3.32. The van der Waals surface area contributed by atoms with Crippen LogP contribution in [0.4, 0.5) is 0 Å². The average molecular weight is 346 g/mol. The van der Waals surface area contributed by atoms with Crippen molar-refractivity contribution in [3.8, 4) is 0 Å². The molecule has 0 radical (unpaired) electrons. The van der Waals surface area contributed by atoms with Crippen molar-refractivity contribution in [1.29, 1.82) is 0 Å². The van der Waals surface area contributed by atoms with E-state index in [1.807, 2.05) is 0 Å². The smallest absolute Gasteiger partial charge is 0.234 e. The Bertz CT molecular complexity index is 294. The van der Waals surface area contributed by atoms with Gasteiger partial charge in [-0.1, -0.05) is 65.2 Å². The van der Waals surface area contributed by atoms with E-state index in [2.05, 4.69) is 29.7 Å². The molecule has 0 saturated heterocycles. The van der Waals surface area contributed by atoms with Gasteiger partial charge in [-0.25, -0.2) is 0 Å². The summed E-state index contributed by atoms with van der Waals surface area (Å²) in [5.74, 6) is 0.825. The molecule has 0 aliphatic carbocycles. The molecule has 1 aliphatic rings. The van der Waals surface area contributed by atoms with Crippen molar-refractivity contribution in [2.75, 3.05) is 32.7 Å². The molecule has 4 heteroatoms. The Morgan fingerprint density at radius 2 is 1.70 bits per heavy atom. The zero-order chi connectivity index (χ0) is 16.0. The largest absolute Gasteiger partial charge is 1.00 e. The van der Waals surface area contributed by atoms with Crippen molar-refractivity contribution in [2.45, 2.75) is 78.1 Å². The van der Waals surface area contributed by atoms with Crippen LogP contribution in [0.3, 0.4) is 0 Å². The van der Waals surface area contributed by atoms with Crippen molar-refractivity contribution in [1.82, 2.24) is 4.90 Å². The highest BCUT2D eigenvalue weighted by Crippen LogP contribution is 2.13. The van der Waals surface area contributed by atoms with E-state index < -0.39 is 0 Å². The molecular weight excluding hydrogens is 306 g/mol. The van der Waals surface area contributed by atoms with Gasteiger partial charge in [0, 0.05) is 0 Å². The van der Waals surface area contributed by atoms with Crippen molar-refractivity contribution < 1.29 is 17.0 Å². The van der Waals surface area contributed by atoms with Gasteiger partial charge in [-0.2, -0.15) is 0 Å². The molecule has 1 rings (SSSR count). The predicted molar refractivity (Wildman–Crippen MR) is 97.7 cm³/mol. The first-order valence-corrected chi connectivity index (χ1v) is 9.79. The monoisotopic (exact) mass is 345 g/mol. The van der Waals surface area contributed by atoms with Crippen LogP contribution in [0, 0.1) is 5.92 Å². The standard InChI is InChI=1S/C19H40N3.ClH/c1-3-4-5-6-7-8-9-10-12-19(2)17-22-16-15-21(18-22)14-11-13-20;/h18-19H,3-17,20H2,1-2H3;1H/q+1;/p-1. The molecule has 1 atom stereocenters. The average Bonchev–Trinajstić information content (AvgIpc) is 2.95. The summed E-state index contributed by atoms with van der Waals surface area (Å²) >= 11 is 0. The summed E-state index contributed by atoms with van der Waals surface area (Å²) in [6.07, 6.45) is 16.2. The number of nitrogens with zero attached hydrogens (tertiary/aromatic N) is 2. The lowest BCUT2D eigenvalue weighted by Crippen LogP contribution is -3.00. The van der Waals surface area contributed by atoms with E-state index >= 15 is 0 Å². The maximum Gasteiger partial charge on any atom is 0.234 e. The summed E-state index contributed by atoms with van der Waals surface area (Å²) in [4.78, 5) is 2.43. The minimum Gasteiger partial charge on any atom is -1.00 e. The third kappa shape index (κ3) is 11.8. The van der Waals surface area contributed by atoms with Gasteiger partial charge in [-0.15, -0.1) is 0 Å². The molecule has 0 aromatic carbocycles. The number of halogens is 1. The van der Waals surface area contributed by atoms with E-state index in [9.17, 15) is 0 Å². The molecule has 0 aromatic heterocycles. The van der Waals surface area contributed by atoms with E-state index in [1.165, 1.54) is 77.4 Å². The van der Waals surface area contributed by atoms with Crippen LogP contribution >= 0.6 is 0 Å². The van der Waals surface area contributed by atoms with E-state index in [0.29, 0.717) is 0 Å². The number of unbranched alkanes of at least 4 members (excludes halogenated alkanes) is 7. The Morgan fingerprint density at radius 3 is 2.35 bits per heavy atom. The minimum absolute atomic E-state index is 0. The maximum absolute atomic E-state index is 5.58. The van der Waals surface area contributed by atoms with Gasteiger partial charge in [0.25, 0.3) is 0 Å². The normalized spacial score (nSPS) is 15.4. The maximum atomic E-state index is 5.58. The van der Waals surface area contributed by atoms with Gasteiger partial charge in [0.2, 0.25) is 6.34 Å². The van der Waals surface area contributed by atoms with Crippen LogP contribution in [0.5, 0.6) is 0 Å². The molecule has 2 N–H and O–H groups in total. The van der Waals surface area contributed by atoms with Gasteiger partial charge in [0.05, 0.1) is 13.1 Å². The molecular formula is C19H40ClN3. The Balaban J connectivity index is 0.00000484. The fraction of sp³-hybridized carbons (Fsp3) is 0.947. The van der Waals surface area contributed by atoms with Crippen LogP contribution in [0.2, 0.25) is 0 Å². The van der Waals surface area contributed by atoms with Gasteiger partial charge < -0.3 is 18.1 Å². The summed E-state index contributed by atoms with van der Waals surface area (Å²) in [6, 6.07) is 0. The van der Waals surface area contributed by atoms with Crippen LogP contribution < -0.4 is 18.1 Å². The van der Waals surface area contributed by atoms with Gasteiger partial charge in [-0.05, 0) is 25.3 Å². The number of hydrogen-bond acceptors (Lipinski definition) is 2. The summed E-state index contributed by atoms with van der Waals surface area (Å²) in [5, 5.41) is 0. The summed E-state index contributed by atoms with van der Waals surface area (Å²) in [7, 11) is 0. The van der Waals surface area contributed by atoms with E-state index in [-0.39, 0.29) is 12.4 Å². The van der Waals surface area contributed by atoms with Crippen LogP contribution in [-0.2, 0) is 0 Å². The lowest BCUT2D eigenvalue weighted by Gasteiger charge is -2.10. The number of hydrogen-bond donors (Lipinski definition) is 1. The zero-order valence-corrected chi connectivity index (χ0v) is 16.4. The molecule has 0 amide bonds. The molecule has 0 aromatic rings. The molecule has 0 saturated carbocycles. The van der Waals surface area contributed by atoms with E-state index in [0.717, 1.165) is 25.4 Å². The topological polar surface area (TPSA) is 32.3 Å². The third-order valence-corrected chi connectivity index (χ3v) is 4.75. The highest BCUT2D eigenvalue weighted by molar-refractivity contribution is 5.50. The lowest BCUT2D eigenvalue weighted by molar-refractivity contribution is -0.520. The van der Waals surface area contributed by atoms with Crippen LogP contribution in [-0.4, -0.2) is 48.5 Å². The Kier molecular flexibility index (Phi) is 15.1. The first-order valence-electron chi connectivity index (χ1n) is 9.79. The SMILES string of the molecule is CCCCCCCCCCC(C)C[N+]1=CN(CCCN)CC1.[Cl-]. The molecule has 0 bridgehead atoms. The van der Waals surface area contributed by atoms with Crippen molar-refractivity contribution in [2.24, 2.45) is 11.7 Å². The number of nitrogens with two attached hydrogens (primary N) is 1. The Morgan fingerprint density at radius 1 is 1.04 bits per heavy atom. The summed E-state index contributed by atoms with van der Waals surface area (Å²) < 4.78 is 2.51. The second kappa shape index (κ2) is 15.3. The van der Waals surface area contributed by atoms with Gasteiger partial charge in [0.1, 0.15) is 13.1 Å². The summed E-state index contributed by atoms with van der Waals surface area (Å²) in [5.41, 5.74) is 5.58. The Labute approximate surface area is 151 Å². The lowest BCUT2D eigenvalue weighted by atomic mass is 10.0. The molecule has 1 aliphatic heterocycles. The van der Waals surface area contributed by atoms with Crippen LogP contribution in [0.1, 0.15) is 78.1 Å². The first kappa shape index (κ1) is 22.7. The van der Waals surface area contributed by atoms with Gasteiger partial charge >= 0.3 is 0 Å². The zero-order valence-electron chi connectivity index (χ0n) is 15.6. The molecule has 0 spiro atoms. The van der Waals surface area contributed by atoms with Crippen molar-refractivity contribution in [3.05, 3.63) is 0 Å². The van der Waals surface area contributed by atoms with E-state index in [1.54, 1.807) is 0 Å². The summed E-state index contributed by atoms with van der Waals surface area (Å²) in [6.45, 7) is 10.2. The molecule has 3 nitrogen and oxygen atoms in total. The molecule has 1 heterocycles. The minimum atomic E-state index is 0. The quantitative estimate of drug-likeness (QED) is 0.374. The van der Waals surface area contributed by atoms with Gasteiger partial charge in [0.15, 0.2) is 0 Å². The first-order chi connectivity index (χ1) is 10.8. The second-order valence-electron chi connectivity index (χ2n) is 7.16. The third-order valence-electron chi connectivity index (χ3n) is 4.75. The number of rotatable bonds is 14. The fourth-order valence-electron chi connectivity index (χ4n) is 3.32. The van der Waals surface area contributed by atoms with E-state index in [4.69, 9.17) is 5.73 Å². The molecule has 138 valence electrons. The molecule has 23 heavy (non-hydrogen) atoms. The molecule has 1 unspecified atom stereocenters. The Hall–Kier alpha value is -0.280. The second-order valence-corrected chi connectivity index (χ2v) is 7.16. The van der Waals surface area contributed by atoms with Crippen molar-refractivity contribution >= 4 is 6.34 Å². The van der Waals surface area contributed by atoms with Crippen LogP contribution in [0.25, 0.3) is 0 Å². The molecule has 0 fully saturated rings. The highest BCUT2D eigenvalue weighted by atomic mass is 35.5. The predicted octanol–water partition coefficient (Wildman–Crippen LogP) is 0.863.